The van der Waals surface area contributed by atoms with Crippen molar-refractivity contribution in [1.82, 2.24) is 5.32 Å². The second-order valence-electron chi connectivity index (χ2n) is 5.24. The van der Waals surface area contributed by atoms with Crippen molar-refractivity contribution >= 4 is 11.8 Å². The summed E-state index contributed by atoms with van der Waals surface area (Å²) in [6, 6.07) is 18.8. The standard InChI is InChI=1S/C19H24N2/c1-3-4-14-20-19(15-17-8-6-5-7-9-17)21-18-12-10-16(2)11-13-18/h5-13,15,20-21H,3-4,14H2,1-2H3/b19-15+. The van der Waals surface area contributed by atoms with Gasteiger partial charge >= 0.3 is 0 Å². The highest BCUT2D eigenvalue weighted by Crippen LogP contribution is 2.12. The molecule has 0 radical (unpaired) electrons. The first-order chi connectivity index (χ1) is 10.3. The Morgan fingerprint density at radius 1 is 1.00 bits per heavy atom. The summed E-state index contributed by atoms with van der Waals surface area (Å²) in [5, 5.41) is 6.95. The van der Waals surface area contributed by atoms with Gasteiger partial charge in [-0.15, -0.1) is 0 Å². The van der Waals surface area contributed by atoms with Crippen LogP contribution in [0.1, 0.15) is 30.9 Å². The zero-order valence-corrected chi connectivity index (χ0v) is 12.9. The van der Waals surface area contributed by atoms with E-state index in [1.54, 1.807) is 0 Å². The third kappa shape index (κ3) is 5.35. The molecule has 0 bridgehead atoms. The van der Waals surface area contributed by atoms with Gasteiger partial charge in [-0.3, -0.25) is 0 Å². The number of hydrogen-bond acceptors (Lipinski definition) is 2. The lowest BCUT2D eigenvalue weighted by atomic mass is 10.2. The molecular weight excluding hydrogens is 256 g/mol. The van der Waals surface area contributed by atoms with Crippen molar-refractivity contribution < 1.29 is 0 Å². The van der Waals surface area contributed by atoms with E-state index in [9.17, 15) is 0 Å². The number of anilines is 1. The van der Waals surface area contributed by atoms with Crippen LogP contribution in [-0.4, -0.2) is 6.54 Å². The van der Waals surface area contributed by atoms with Crippen molar-refractivity contribution in [2.24, 2.45) is 0 Å². The third-order valence-electron chi connectivity index (χ3n) is 3.29. The van der Waals surface area contributed by atoms with E-state index in [0.717, 1.165) is 18.1 Å². The van der Waals surface area contributed by atoms with Crippen molar-refractivity contribution in [3.8, 4) is 0 Å². The van der Waals surface area contributed by atoms with Crippen LogP contribution in [0, 0.1) is 6.92 Å². The maximum absolute atomic E-state index is 3.48. The van der Waals surface area contributed by atoms with Gasteiger partial charge in [-0.25, -0.2) is 0 Å². The maximum Gasteiger partial charge on any atom is 0.104 e. The van der Waals surface area contributed by atoms with Crippen molar-refractivity contribution in [1.29, 1.82) is 0 Å². The summed E-state index contributed by atoms with van der Waals surface area (Å²) in [6.07, 6.45) is 4.51. The maximum atomic E-state index is 3.48. The first kappa shape index (κ1) is 15.2. The monoisotopic (exact) mass is 280 g/mol. The molecule has 0 aromatic heterocycles. The van der Waals surface area contributed by atoms with E-state index in [1.165, 1.54) is 24.0 Å². The minimum absolute atomic E-state index is 0.980. The average Bonchev–Trinajstić information content (AvgIpc) is 2.51. The van der Waals surface area contributed by atoms with Crippen molar-refractivity contribution in [2.75, 3.05) is 11.9 Å². The molecule has 0 fully saturated rings. The molecule has 0 saturated heterocycles. The summed E-state index contributed by atoms with van der Waals surface area (Å²) in [7, 11) is 0. The number of rotatable bonds is 7. The predicted molar refractivity (Wildman–Crippen MR) is 92.1 cm³/mol. The molecule has 0 heterocycles. The molecule has 110 valence electrons. The van der Waals surface area contributed by atoms with Crippen molar-refractivity contribution in [3.05, 3.63) is 71.5 Å². The van der Waals surface area contributed by atoms with Crippen molar-refractivity contribution in [2.45, 2.75) is 26.7 Å². The smallest absolute Gasteiger partial charge is 0.104 e. The molecule has 2 heteroatoms. The van der Waals surface area contributed by atoms with Crippen LogP contribution in [0.25, 0.3) is 6.08 Å². The SMILES string of the molecule is CCCCN/C(=C\c1ccccc1)Nc1ccc(C)cc1. The number of unbranched alkanes of at least 4 members (excludes halogenated alkanes) is 1. The molecule has 2 aromatic carbocycles. The first-order valence-corrected chi connectivity index (χ1v) is 7.62. The Hall–Kier alpha value is -2.22. The van der Waals surface area contributed by atoms with Crippen LogP contribution in [0.15, 0.2) is 60.4 Å². The zero-order valence-electron chi connectivity index (χ0n) is 12.9. The van der Waals surface area contributed by atoms with Gasteiger partial charge in [0.15, 0.2) is 0 Å². The third-order valence-corrected chi connectivity index (χ3v) is 3.29. The highest BCUT2D eigenvalue weighted by Gasteiger charge is 1.99. The van der Waals surface area contributed by atoms with Gasteiger partial charge in [0.05, 0.1) is 0 Å². The molecule has 0 aliphatic carbocycles. The van der Waals surface area contributed by atoms with Crippen LogP contribution < -0.4 is 10.6 Å². The lowest BCUT2D eigenvalue weighted by Crippen LogP contribution is -2.20. The van der Waals surface area contributed by atoms with Crippen molar-refractivity contribution in [3.63, 3.8) is 0 Å². The summed E-state index contributed by atoms with van der Waals surface area (Å²) < 4.78 is 0. The van der Waals surface area contributed by atoms with Gasteiger partial charge in [-0.1, -0.05) is 61.4 Å². The molecule has 2 nitrogen and oxygen atoms in total. The zero-order chi connectivity index (χ0) is 14.9. The Bertz CT molecular complexity index is 556. The van der Waals surface area contributed by atoms with E-state index in [4.69, 9.17) is 0 Å². The molecule has 0 aliphatic heterocycles. The number of benzene rings is 2. The van der Waals surface area contributed by atoms with E-state index >= 15 is 0 Å². The van der Waals surface area contributed by atoms with Crippen LogP contribution >= 0.6 is 0 Å². The Labute approximate surface area is 127 Å². The second kappa shape index (κ2) is 8.15. The Kier molecular flexibility index (Phi) is 5.89. The fourth-order valence-corrected chi connectivity index (χ4v) is 2.04. The molecule has 21 heavy (non-hydrogen) atoms. The molecule has 2 aromatic rings. The molecule has 0 amide bonds. The Morgan fingerprint density at radius 2 is 1.71 bits per heavy atom. The molecular formula is C19H24N2. The quantitative estimate of drug-likeness (QED) is 0.712. The van der Waals surface area contributed by atoms with Gasteiger partial charge in [-0.05, 0) is 37.1 Å². The summed E-state index contributed by atoms with van der Waals surface area (Å²) in [5.41, 5.74) is 3.57. The highest BCUT2D eigenvalue weighted by atomic mass is 15.1. The first-order valence-electron chi connectivity index (χ1n) is 7.62. The molecule has 0 spiro atoms. The molecule has 0 saturated carbocycles. The molecule has 0 aliphatic rings. The Balaban J connectivity index is 2.11. The molecule has 2 N–H and O–H groups in total. The Morgan fingerprint density at radius 3 is 2.38 bits per heavy atom. The van der Waals surface area contributed by atoms with Crippen LogP contribution in [0.5, 0.6) is 0 Å². The van der Waals surface area contributed by atoms with Crippen LogP contribution in [0.4, 0.5) is 5.69 Å². The number of aryl methyl sites for hydroxylation is 1. The second-order valence-corrected chi connectivity index (χ2v) is 5.24. The topological polar surface area (TPSA) is 24.1 Å². The normalized spacial score (nSPS) is 11.2. The highest BCUT2D eigenvalue weighted by molar-refractivity contribution is 5.59. The lowest BCUT2D eigenvalue weighted by molar-refractivity contribution is 0.715. The lowest BCUT2D eigenvalue weighted by Gasteiger charge is -2.14. The van der Waals surface area contributed by atoms with E-state index in [1.807, 2.05) is 6.07 Å². The van der Waals surface area contributed by atoms with E-state index in [-0.39, 0.29) is 0 Å². The summed E-state index contributed by atoms with van der Waals surface area (Å²) in [6.45, 7) is 5.29. The molecule has 2 rings (SSSR count). The van der Waals surface area contributed by atoms with E-state index in [2.05, 4.69) is 79.1 Å². The van der Waals surface area contributed by atoms with Gasteiger partial charge in [0.25, 0.3) is 0 Å². The minimum atomic E-state index is 0.980. The van der Waals surface area contributed by atoms with Gasteiger partial charge in [-0.2, -0.15) is 0 Å². The fraction of sp³-hybridized carbons (Fsp3) is 0.263. The van der Waals surface area contributed by atoms with Gasteiger partial charge < -0.3 is 10.6 Å². The van der Waals surface area contributed by atoms with Crippen LogP contribution in [0.3, 0.4) is 0 Å². The predicted octanol–water partition coefficient (Wildman–Crippen LogP) is 4.80. The van der Waals surface area contributed by atoms with Crippen LogP contribution in [-0.2, 0) is 0 Å². The van der Waals surface area contributed by atoms with Gasteiger partial charge in [0.2, 0.25) is 0 Å². The largest absolute Gasteiger partial charge is 0.372 e. The van der Waals surface area contributed by atoms with E-state index in [0.29, 0.717) is 0 Å². The fourth-order valence-electron chi connectivity index (χ4n) is 2.04. The summed E-state index contributed by atoms with van der Waals surface area (Å²) >= 11 is 0. The van der Waals surface area contributed by atoms with Crippen LogP contribution in [0.2, 0.25) is 0 Å². The van der Waals surface area contributed by atoms with Gasteiger partial charge in [0, 0.05) is 12.2 Å². The number of nitrogens with one attached hydrogen (secondary N) is 2. The average molecular weight is 280 g/mol. The van der Waals surface area contributed by atoms with Gasteiger partial charge in [0.1, 0.15) is 5.82 Å². The minimum Gasteiger partial charge on any atom is -0.372 e. The molecule has 0 unspecified atom stereocenters. The number of hydrogen-bond donors (Lipinski definition) is 2. The molecule has 0 atom stereocenters. The summed E-state index contributed by atoms with van der Waals surface area (Å²) in [5.74, 6) is 1.04. The summed E-state index contributed by atoms with van der Waals surface area (Å²) in [4.78, 5) is 0. The van der Waals surface area contributed by atoms with E-state index < -0.39 is 0 Å².